The molecule has 182 valence electrons. The maximum atomic E-state index is 13.9. The number of benzene rings is 2. The van der Waals surface area contributed by atoms with Gasteiger partial charge in [0.05, 0.1) is 30.6 Å². The lowest BCUT2D eigenvalue weighted by Gasteiger charge is -2.12. The number of amides is 1. The Labute approximate surface area is 207 Å². The standard InChI is InChI=1S/C23H17Cl2F3N4O3/c1-11-4-6-12(7-5-11)14-10-18(23(26,27)28)32-21(29-14)19(25)20(31-32)22(33)30-15-9-16(34-2)13(24)8-17(15)35-3/h4-10H,1-3H3,(H,30,33). The van der Waals surface area contributed by atoms with Gasteiger partial charge in [0.2, 0.25) is 0 Å². The third-order valence-corrected chi connectivity index (χ3v) is 5.75. The van der Waals surface area contributed by atoms with E-state index in [2.05, 4.69) is 15.4 Å². The third kappa shape index (κ3) is 4.71. The Balaban J connectivity index is 1.83. The van der Waals surface area contributed by atoms with Crippen molar-refractivity contribution in [1.29, 1.82) is 0 Å². The van der Waals surface area contributed by atoms with E-state index in [-0.39, 0.29) is 38.6 Å². The molecule has 0 saturated heterocycles. The summed E-state index contributed by atoms with van der Waals surface area (Å²) >= 11 is 12.4. The highest BCUT2D eigenvalue weighted by molar-refractivity contribution is 6.37. The highest BCUT2D eigenvalue weighted by atomic mass is 35.5. The minimum atomic E-state index is -4.80. The van der Waals surface area contributed by atoms with Crippen LogP contribution in [0.1, 0.15) is 21.7 Å². The van der Waals surface area contributed by atoms with Gasteiger partial charge in [-0.3, -0.25) is 4.79 Å². The fraction of sp³-hybridized carbons (Fsp3) is 0.174. The molecule has 1 N–H and O–H groups in total. The van der Waals surface area contributed by atoms with Gasteiger partial charge in [-0.05, 0) is 13.0 Å². The fourth-order valence-electron chi connectivity index (χ4n) is 3.35. The number of hydrogen-bond donors (Lipinski definition) is 1. The Kier molecular flexibility index (Phi) is 6.52. The molecule has 0 atom stereocenters. The van der Waals surface area contributed by atoms with Gasteiger partial charge in [-0.15, -0.1) is 0 Å². The molecule has 7 nitrogen and oxygen atoms in total. The molecule has 35 heavy (non-hydrogen) atoms. The number of fused-ring (bicyclic) bond motifs is 1. The van der Waals surface area contributed by atoms with E-state index >= 15 is 0 Å². The van der Waals surface area contributed by atoms with Crippen molar-refractivity contribution in [2.75, 3.05) is 19.5 Å². The van der Waals surface area contributed by atoms with Crippen molar-refractivity contribution >= 4 is 40.4 Å². The van der Waals surface area contributed by atoms with Crippen molar-refractivity contribution < 1.29 is 27.4 Å². The van der Waals surface area contributed by atoms with Gasteiger partial charge in [-0.1, -0.05) is 53.0 Å². The van der Waals surface area contributed by atoms with Gasteiger partial charge in [-0.2, -0.15) is 18.3 Å². The Hall–Kier alpha value is -3.50. The van der Waals surface area contributed by atoms with Gasteiger partial charge in [0, 0.05) is 17.7 Å². The maximum absolute atomic E-state index is 13.9. The summed E-state index contributed by atoms with van der Waals surface area (Å²) in [6.45, 7) is 1.85. The van der Waals surface area contributed by atoms with Gasteiger partial charge in [0.25, 0.3) is 5.91 Å². The maximum Gasteiger partial charge on any atom is 0.433 e. The van der Waals surface area contributed by atoms with E-state index in [1.807, 2.05) is 6.92 Å². The van der Waals surface area contributed by atoms with Crippen LogP contribution in [0.3, 0.4) is 0 Å². The van der Waals surface area contributed by atoms with Crippen LogP contribution >= 0.6 is 23.2 Å². The van der Waals surface area contributed by atoms with Crippen LogP contribution < -0.4 is 14.8 Å². The van der Waals surface area contributed by atoms with Gasteiger partial charge >= 0.3 is 6.18 Å². The molecule has 0 radical (unpaired) electrons. The smallest absolute Gasteiger partial charge is 0.433 e. The van der Waals surface area contributed by atoms with Crippen molar-refractivity contribution in [2.45, 2.75) is 13.1 Å². The lowest BCUT2D eigenvalue weighted by Crippen LogP contribution is -2.16. The van der Waals surface area contributed by atoms with Crippen LogP contribution in [-0.2, 0) is 6.18 Å². The minimum Gasteiger partial charge on any atom is -0.495 e. The lowest BCUT2D eigenvalue weighted by atomic mass is 10.1. The van der Waals surface area contributed by atoms with Crippen LogP contribution in [0.25, 0.3) is 16.9 Å². The van der Waals surface area contributed by atoms with E-state index in [1.165, 1.54) is 26.4 Å². The molecule has 0 fully saturated rings. The summed E-state index contributed by atoms with van der Waals surface area (Å²) in [5, 5.41) is 6.24. The van der Waals surface area contributed by atoms with Crippen LogP contribution in [-0.4, -0.2) is 34.7 Å². The molecule has 4 rings (SSSR count). The number of methoxy groups -OCH3 is 2. The first-order valence-corrected chi connectivity index (χ1v) is 10.8. The summed E-state index contributed by atoms with van der Waals surface area (Å²) < 4.78 is 52.6. The summed E-state index contributed by atoms with van der Waals surface area (Å²) in [6, 6.07) is 10.5. The molecule has 0 aliphatic rings. The highest BCUT2D eigenvalue weighted by Crippen LogP contribution is 2.37. The number of nitrogens with one attached hydrogen (secondary N) is 1. The number of rotatable bonds is 5. The SMILES string of the molecule is COc1cc(NC(=O)c2nn3c(C(F)(F)F)cc(-c4ccc(C)cc4)nc3c2Cl)c(OC)cc1Cl. The molecular formula is C23H17Cl2F3N4O3. The molecule has 1 amide bonds. The molecule has 0 aliphatic carbocycles. The fourth-order valence-corrected chi connectivity index (χ4v) is 3.83. The number of hydrogen-bond acceptors (Lipinski definition) is 5. The zero-order valence-corrected chi connectivity index (χ0v) is 20.0. The molecule has 2 heterocycles. The monoisotopic (exact) mass is 524 g/mol. The van der Waals surface area contributed by atoms with Crippen molar-refractivity contribution in [1.82, 2.24) is 14.6 Å². The summed E-state index contributed by atoms with van der Waals surface area (Å²) in [6.07, 6.45) is -4.80. The van der Waals surface area contributed by atoms with Crippen LogP contribution in [0.15, 0.2) is 42.5 Å². The van der Waals surface area contributed by atoms with Gasteiger partial charge in [-0.25, -0.2) is 9.50 Å². The number of ether oxygens (including phenoxy) is 2. The summed E-state index contributed by atoms with van der Waals surface area (Å²) in [4.78, 5) is 17.3. The zero-order valence-electron chi connectivity index (χ0n) is 18.5. The first-order chi connectivity index (χ1) is 16.5. The molecule has 4 aromatic rings. The predicted molar refractivity (Wildman–Crippen MR) is 126 cm³/mol. The first-order valence-electron chi connectivity index (χ1n) is 10.00. The number of aromatic nitrogens is 3. The number of alkyl halides is 3. The van der Waals surface area contributed by atoms with E-state index in [0.29, 0.717) is 10.1 Å². The average Bonchev–Trinajstić information content (AvgIpc) is 3.15. The number of nitrogens with zero attached hydrogens (tertiary/aromatic N) is 3. The second kappa shape index (κ2) is 9.27. The number of carbonyl (C=O) groups is 1. The average molecular weight is 525 g/mol. The zero-order chi connectivity index (χ0) is 25.5. The van der Waals surface area contributed by atoms with Gasteiger partial charge in [0.1, 0.15) is 16.5 Å². The number of carbonyl (C=O) groups excluding carboxylic acids is 1. The van der Waals surface area contributed by atoms with Crippen molar-refractivity contribution in [3.63, 3.8) is 0 Å². The number of halogens is 5. The molecule has 0 unspecified atom stereocenters. The van der Waals surface area contributed by atoms with E-state index in [1.54, 1.807) is 24.3 Å². The molecule has 2 aromatic carbocycles. The van der Waals surface area contributed by atoms with Gasteiger partial charge < -0.3 is 14.8 Å². The lowest BCUT2D eigenvalue weighted by molar-refractivity contribution is -0.142. The second-order valence-electron chi connectivity index (χ2n) is 7.43. The Morgan fingerprint density at radius 1 is 1.03 bits per heavy atom. The summed E-state index contributed by atoms with van der Waals surface area (Å²) in [7, 11) is 2.74. The summed E-state index contributed by atoms with van der Waals surface area (Å²) in [5.74, 6) is -0.444. The molecule has 0 aliphatic heterocycles. The topological polar surface area (TPSA) is 77.8 Å². The normalized spacial score (nSPS) is 11.5. The van der Waals surface area contributed by atoms with Crippen LogP contribution in [0, 0.1) is 6.92 Å². The number of aryl methyl sites for hydroxylation is 1. The summed E-state index contributed by atoms with van der Waals surface area (Å²) in [5.41, 5.74) is -0.348. The Bertz CT molecular complexity index is 1440. The number of anilines is 1. The molecule has 2 aromatic heterocycles. The molecular weight excluding hydrogens is 508 g/mol. The van der Waals surface area contributed by atoms with Gasteiger partial charge in [0.15, 0.2) is 17.0 Å². The van der Waals surface area contributed by atoms with E-state index < -0.39 is 23.5 Å². The molecule has 12 heteroatoms. The highest BCUT2D eigenvalue weighted by Gasteiger charge is 2.37. The molecule has 0 bridgehead atoms. The van der Waals surface area contributed by atoms with Crippen LogP contribution in [0.5, 0.6) is 11.5 Å². The first kappa shape index (κ1) is 24.6. The minimum absolute atomic E-state index is 0.0303. The van der Waals surface area contributed by atoms with Crippen molar-refractivity contribution in [3.05, 3.63) is 69.5 Å². The van der Waals surface area contributed by atoms with E-state index in [0.717, 1.165) is 11.6 Å². The quantitative estimate of drug-likeness (QED) is 0.331. The van der Waals surface area contributed by atoms with Crippen LogP contribution in [0.2, 0.25) is 10.0 Å². The molecule has 0 saturated carbocycles. The Morgan fingerprint density at radius 2 is 1.69 bits per heavy atom. The van der Waals surface area contributed by atoms with E-state index in [9.17, 15) is 18.0 Å². The third-order valence-electron chi connectivity index (χ3n) is 5.11. The Morgan fingerprint density at radius 3 is 2.29 bits per heavy atom. The van der Waals surface area contributed by atoms with Crippen molar-refractivity contribution in [3.8, 4) is 22.8 Å². The molecule has 0 spiro atoms. The van der Waals surface area contributed by atoms with E-state index in [4.69, 9.17) is 32.7 Å². The second-order valence-corrected chi connectivity index (χ2v) is 8.21. The predicted octanol–water partition coefficient (Wildman–Crippen LogP) is 6.30. The van der Waals surface area contributed by atoms with Crippen molar-refractivity contribution in [2.24, 2.45) is 0 Å². The largest absolute Gasteiger partial charge is 0.495 e. The van der Waals surface area contributed by atoms with Crippen LogP contribution in [0.4, 0.5) is 18.9 Å².